The minimum atomic E-state index is -0.243. The fourth-order valence-corrected chi connectivity index (χ4v) is 5.32. The van der Waals surface area contributed by atoms with Gasteiger partial charge in [0.25, 0.3) is 0 Å². The summed E-state index contributed by atoms with van der Waals surface area (Å²) in [6.07, 6.45) is 0. The van der Waals surface area contributed by atoms with E-state index in [1.165, 1.54) is 27.5 Å². The van der Waals surface area contributed by atoms with E-state index in [0.717, 1.165) is 34.0 Å². The maximum atomic E-state index is 13.6. The molecule has 1 N–H and O–H groups in total. The standard InChI is InChI=1S/C30H21FN2S/c31-22-15-19-25(20-16-22)33(23-7-2-1-3-8-23)24-17-13-21(14-18-24)26-9-6-12-29-30(26)32-27-10-4-5-11-28(27)34-29/h1-20,32H. The molecule has 0 bridgehead atoms. The number of hydrogen-bond donors (Lipinski definition) is 1. The molecular weight excluding hydrogens is 439 g/mol. The van der Waals surface area contributed by atoms with E-state index in [9.17, 15) is 4.39 Å². The first-order chi connectivity index (χ1) is 16.8. The van der Waals surface area contributed by atoms with Crippen molar-refractivity contribution in [3.05, 3.63) is 127 Å². The maximum Gasteiger partial charge on any atom is 0.123 e. The second-order valence-corrected chi connectivity index (χ2v) is 9.18. The van der Waals surface area contributed by atoms with Gasteiger partial charge in [0.2, 0.25) is 0 Å². The molecule has 0 unspecified atom stereocenters. The van der Waals surface area contributed by atoms with E-state index in [-0.39, 0.29) is 5.82 Å². The van der Waals surface area contributed by atoms with Crippen LogP contribution < -0.4 is 10.2 Å². The summed E-state index contributed by atoms with van der Waals surface area (Å²) >= 11 is 1.79. The average molecular weight is 461 g/mol. The van der Waals surface area contributed by atoms with Gasteiger partial charge >= 0.3 is 0 Å². The summed E-state index contributed by atoms with van der Waals surface area (Å²) in [6, 6.07) is 40.1. The van der Waals surface area contributed by atoms with Crippen LogP contribution in [0.5, 0.6) is 0 Å². The first kappa shape index (κ1) is 20.6. The van der Waals surface area contributed by atoms with Crippen molar-refractivity contribution in [1.29, 1.82) is 0 Å². The summed E-state index contributed by atoms with van der Waals surface area (Å²) in [7, 11) is 0. The SMILES string of the molecule is Fc1ccc(N(c2ccccc2)c2ccc(-c3cccc4c3Nc3ccccc3S4)cc2)cc1. The van der Waals surface area contributed by atoms with Gasteiger partial charge in [0.1, 0.15) is 5.82 Å². The molecule has 0 radical (unpaired) electrons. The minimum Gasteiger partial charge on any atom is -0.353 e. The molecule has 34 heavy (non-hydrogen) atoms. The summed E-state index contributed by atoms with van der Waals surface area (Å²) in [4.78, 5) is 4.59. The molecule has 4 heteroatoms. The van der Waals surface area contributed by atoms with Crippen molar-refractivity contribution in [3.63, 3.8) is 0 Å². The Bertz CT molecular complexity index is 1450. The van der Waals surface area contributed by atoms with E-state index in [0.29, 0.717) is 0 Å². The van der Waals surface area contributed by atoms with Crippen LogP contribution in [0.25, 0.3) is 11.1 Å². The molecule has 0 spiro atoms. The Morgan fingerprint density at radius 1 is 0.559 bits per heavy atom. The van der Waals surface area contributed by atoms with E-state index in [4.69, 9.17) is 0 Å². The predicted octanol–water partition coefficient (Wildman–Crippen LogP) is 9.17. The van der Waals surface area contributed by atoms with Gasteiger partial charge in [-0.2, -0.15) is 0 Å². The Balaban J connectivity index is 1.39. The summed E-state index contributed by atoms with van der Waals surface area (Å²) in [6.45, 7) is 0. The molecule has 5 aromatic carbocycles. The van der Waals surface area contributed by atoms with Crippen molar-refractivity contribution >= 4 is 40.2 Å². The van der Waals surface area contributed by atoms with Gasteiger partial charge in [0.05, 0.1) is 11.4 Å². The lowest BCUT2D eigenvalue weighted by Gasteiger charge is -2.26. The van der Waals surface area contributed by atoms with Crippen molar-refractivity contribution in [2.45, 2.75) is 9.79 Å². The molecule has 0 saturated heterocycles. The normalized spacial score (nSPS) is 11.8. The van der Waals surface area contributed by atoms with Gasteiger partial charge in [-0.1, -0.05) is 66.4 Å². The highest BCUT2D eigenvalue weighted by Crippen LogP contribution is 2.48. The highest BCUT2D eigenvalue weighted by Gasteiger charge is 2.19. The topological polar surface area (TPSA) is 15.3 Å². The molecule has 1 heterocycles. The fourth-order valence-electron chi connectivity index (χ4n) is 4.30. The molecule has 0 fully saturated rings. The Morgan fingerprint density at radius 2 is 1.18 bits per heavy atom. The van der Waals surface area contributed by atoms with Crippen LogP contribution in [0.4, 0.5) is 32.8 Å². The second kappa shape index (κ2) is 8.73. The molecule has 6 rings (SSSR count). The molecule has 1 aliphatic rings. The number of fused-ring (bicyclic) bond motifs is 2. The van der Waals surface area contributed by atoms with Crippen LogP contribution in [-0.4, -0.2) is 0 Å². The molecular formula is C30H21FN2S. The number of hydrogen-bond acceptors (Lipinski definition) is 3. The quantitative estimate of drug-likeness (QED) is 0.282. The number of nitrogens with zero attached hydrogens (tertiary/aromatic N) is 1. The van der Waals surface area contributed by atoms with Crippen LogP contribution in [0.2, 0.25) is 0 Å². The zero-order valence-corrected chi connectivity index (χ0v) is 19.1. The van der Waals surface area contributed by atoms with Crippen LogP contribution in [-0.2, 0) is 0 Å². The van der Waals surface area contributed by atoms with Crippen LogP contribution in [0.3, 0.4) is 0 Å². The van der Waals surface area contributed by atoms with E-state index >= 15 is 0 Å². The molecule has 164 valence electrons. The smallest absolute Gasteiger partial charge is 0.123 e. The first-order valence-corrected chi connectivity index (χ1v) is 12.0. The molecule has 5 aromatic rings. The maximum absolute atomic E-state index is 13.6. The largest absolute Gasteiger partial charge is 0.353 e. The molecule has 0 saturated carbocycles. The summed E-state index contributed by atoms with van der Waals surface area (Å²) in [5.74, 6) is -0.243. The number of para-hydroxylation sites is 3. The fraction of sp³-hybridized carbons (Fsp3) is 0. The van der Waals surface area contributed by atoms with Crippen LogP contribution in [0, 0.1) is 5.82 Å². The third kappa shape index (κ3) is 3.82. The predicted molar refractivity (Wildman–Crippen MR) is 140 cm³/mol. The second-order valence-electron chi connectivity index (χ2n) is 8.10. The lowest BCUT2D eigenvalue weighted by Crippen LogP contribution is -2.09. The zero-order chi connectivity index (χ0) is 22.9. The Hall–Kier alpha value is -4.02. The van der Waals surface area contributed by atoms with Crippen molar-refractivity contribution < 1.29 is 4.39 Å². The molecule has 0 aliphatic carbocycles. The average Bonchev–Trinajstić information content (AvgIpc) is 2.89. The molecule has 0 atom stereocenters. The highest BCUT2D eigenvalue weighted by atomic mass is 32.2. The number of rotatable bonds is 4. The number of anilines is 5. The number of benzene rings is 5. The Morgan fingerprint density at radius 3 is 1.94 bits per heavy atom. The molecule has 0 aromatic heterocycles. The zero-order valence-electron chi connectivity index (χ0n) is 18.3. The molecule has 2 nitrogen and oxygen atoms in total. The van der Waals surface area contributed by atoms with Gasteiger partial charge in [0, 0.05) is 32.4 Å². The molecule has 0 amide bonds. The van der Waals surface area contributed by atoms with Gasteiger partial charge in [-0.15, -0.1) is 0 Å². The van der Waals surface area contributed by atoms with Gasteiger partial charge in [-0.3, -0.25) is 0 Å². The van der Waals surface area contributed by atoms with Gasteiger partial charge in [-0.05, 0) is 72.3 Å². The third-order valence-electron chi connectivity index (χ3n) is 5.93. The third-order valence-corrected chi connectivity index (χ3v) is 7.06. The van der Waals surface area contributed by atoms with Crippen molar-refractivity contribution in [2.75, 3.05) is 10.2 Å². The monoisotopic (exact) mass is 460 g/mol. The van der Waals surface area contributed by atoms with Gasteiger partial charge in [0.15, 0.2) is 0 Å². The van der Waals surface area contributed by atoms with Gasteiger partial charge in [-0.25, -0.2) is 4.39 Å². The van der Waals surface area contributed by atoms with Crippen LogP contribution in [0.15, 0.2) is 131 Å². The number of halogens is 1. The summed E-state index contributed by atoms with van der Waals surface area (Å²) in [5.41, 5.74) is 7.52. The van der Waals surface area contributed by atoms with E-state index < -0.39 is 0 Å². The summed E-state index contributed by atoms with van der Waals surface area (Å²) < 4.78 is 13.6. The van der Waals surface area contributed by atoms with Gasteiger partial charge < -0.3 is 10.2 Å². The van der Waals surface area contributed by atoms with Crippen molar-refractivity contribution in [3.8, 4) is 11.1 Å². The lowest BCUT2D eigenvalue weighted by molar-refractivity contribution is 0.628. The van der Waals surface area contributed by atoms with E-state index in [1.54, 1.807) is 11.8 Å². The van der Waals surface area contributed by atoms with Crippen LogP contribution >= 0.6 is 11.8 Å². The lowest BCUT2D eigenvalue weighted by atomic mass is 10.0. The number of nitrogens with one attached hydrogen (secondary N) is 1. The first-order valence-electron chi connectivity index (χ1n) is 11.1. The minimum absolute atomic E-state index is 0.243. The Labute approximate surface area is 202 Å². The van der Waals surface area contributed by atoms with Crippen LogP contribution in [0.1, 0.15) is 0 Å². The van der Waals surface area contributed by atoms with E-state index in [2.05, 4.69) is 89.1 Å². The Kier molecular flexibility index (Phi) is 5.28. The van der Waals surface area contributed by atoms with E-state index in [1.807, 2.05) is 30.3 Å². The van der Waals surface area contributed by atoms with Crippen molar-refractivity contribution in [2.24, 2.45) is 0 Å². The molecule has 1 aliphatic heterocycles. The van der Waals surface area contributed by atoms with Crippen molar-refractivity contribution in [1.82, 2.24) is 0 Å². The highest BCUT2D eigenvalue weighted by molar-refractivity contribution is 7.99. The summed E-state index contributed by atoms with van der Waals surface area (Å²) in [5, 5.41) is 3.64.